The van der Waals surface area contributed by atoms with Gasteiger partial charge >= 0.3 is 6.03 Å². The minimum absolute atomic E-state index is 0.0148. The summed E-state index contributed by atoms with van der Waals surface area (Å²) in [5.41, 5.74) is 1.27. The van der Waals surface area contributed by atoms with Gasteiger partial charge in [-0.3, -0.25) is 0 Å². The number of hydrogen-bond donors (Lipinski definition) is 1. The van der Waals surface area contributed by atoms with Gasteiger partial charge in [0.15, 0.2) is 0 Å². The van der Waals surface area contributed by atoms with Crippen LogP contribution in [0.1, 0.15) is 26.7 Å². The minimum atomic E-state index is -0.0148. The second-order valence-corrected chi connectivity index (χ2v) is 3.54. The molecule has 1 rings (SSSR count). The van der Waals surface area contributed by atoms with E-state index in [0.717, 1.165) is 39.1 Å². The van der Waals surface area contributed by atoms with Gasteiger partial charge in [0.1, 0.15) is 0 Å². The maximum Gasteiger partial charge on any atom is 0.321 e. The fraction of sp³-hybridized carbons (Fsp3) is 0.727. The molecule has 0 aliphatic carbocycles. The van der Waals surface area contributed by atoms with Gasteiger partial charge in [0.25, 0.3) is 0 Å². The van der Waals surface area contributed by atoms with E-state index >= 15 is 0 Å². The summed E-state index contributed by atoms with van der Waals surface area (Å²) < 4.78 is 5.23. The number of nitrogens with zero attached hydrogens (tertiary/aromatic N) is 1. The molecule has 4 nitrogen and oxygen atoms in total. The van der Waals surface area contributed by atoms with Crippen LogP contribution in [0, 0.1) is 0 Å². The monoisotopic (exact) mass is 212 g/mol. The van der Waals surface area contributed by atoms with Crippen molar-refractivity contribution in [3.8, 4) is 0 Å². The number of urea groups is 1. The van der Waals surface area contributed by atoms with E-state index in [9.17, 15) is 4.79 Å². The molecule has 1 aliphatic rings. The van der Waals surface area contributed by atoms with Gasteiger partial charge in [0.05, 0.1) is 13.2 Å². The first-order valence-electron chi connectivity index (χ1n) is 5.59. The number of carbonyl (C=O) groups is 1. The normalized spacial score (nSPS) is 16.0. The van der Waals surface area contributed by atoms with Crippen molar-refractivity contribution in [3.05, 3.63) is 11.8 Å². The Bertz CT molecular complexity index is 227. The Balaban J connectivity index is 2.37. The summed E-state index contributed by atoms with van der Waals surface area (Å²) in [4.78, 5) is 13.3. The van der Waals surface area contributed by atoms with Crippen LogP contribution in [0.3, 0.4) is 0 Å². The van der Waals surface area contributed by atoms with Crippen LogP contribution in [-0.2, 0) is 4.74 Å². The summed E-state index contributed by atoms with van der Waals surface area (Å²) in [5.74, 6) is 0. The Morgan fingerprint density at radius 3 is 2.53 bits per heavy atom. The first-order valence-corrected chi connectivity index (χ1v) is 5.59. The number of nitrogens with one attached hydrogen (secondary N) is 1. The second-order valence-electron chi connectivity index (χ2n) is 3.54. The third kappa shape index (κ3) is 3.91. The number of rotatable bonds is 3. The molecule has 1 fully saturated rings. The molecular formula is C11H20N2O2. The van der Waals surface area contributed by atoms with Crippen molar-refractivity contribution in [1.29, 1.82) is 0 Å². The zero-order chi connectivity index (χ0) is 11.1. The van der Waals surface area contributed by atoms with Crippen LogP contribution in [0.25, 0.3) is 0 Å². The molecule has 0 aromatic heterocycles. The van der Waals surface area contributed by atoms with Gasteiger partial charge in [0.2, 0.25) is 0 Å². The largest absolute Gasteiger partial charge is 0.381 e. The van der Waals surface area contributed by atoms with Crippen molar-refractivity contribution in [2.24, 2.45) is 0 Å². The van der Waals surface area contributed by atoms with Gasteiger partial charge in [-0.1, -0.05) is 0 Å². The van der Waals surface area contributed by atoms with Crippen LogP contribution in [0.2, 0.25) is 0 Å². The lowest BCUT2D eigenvalue weighted by molar-refractivity contribution is 0.119. The summed E-state index contributed by atoms with van der Waals surface area (Å²) in [7, 11) is 0. The summed E-state index contributed by atoms with van der Waals surface area (Å²) in [6.45, 7) is 6.98. The number of amides is 2. The average Bonchev–Trinajstić information content (AvgIpc) is 2.29. The predicted molar refractivity (Wildman–Crippen MR) is 59.6 cm³/mol. The van der Waals surface area contributed by atoms with Crippen molar-refractivity contribution < 1.29 is 9.53 Å². The molecule has 0 aromatic rings. The van der Waals surface area contributed by atoms with Crippen molar-refractivity contribution in [1.82, 2.24) is 10.2 Å². The third-order valence-electron chi connectivity index (χ3n) is 2.59. The van der Waals surface area contributed by atoms with Crippen LogP contribution in [0.5, 0.6) is 0 Å². The predicted octanol–water partition coefficient (Wildman–Crippen LogP) is 1.73. The quantitative estimate of drug-likeness (QED) is 0.774. The standard InChI is InChI=1S/C11H20N2O2/c1-3-13(4-2)11(14)12-9-10-5-7-15-8-6-10/h9H,3-8H2,1-2H3,(H,12,14). The van der Waals surface area contributed by atoms with Crippen LogP contribution in [0.4, 0.5) is 4.79 Å². The van der Waals surface area contributed by atoms with Gasteiger partial charge < -0.3 is 15.0 Å². The van der Waals surface area contributed by atoms with E-state index in [4.69, 9.17) is 4.74 Å². The fourth-order valence-electron chi connectivity index (χ4n) is 1.54. The highest BCUT2D eigenvalue weighted by Gasteiger charge is 2.09. The van der Waals surface area contributed by atoms with Gasteiger partial charge in [-0.15, -0.1) is 0 Å². The molecule has 1 N–H and O–H groups in total. The third-order valence-corrected chi connectivity index (χ3v) is 2.59. The van der Waals surface area contributed by atoms with Gasteiger partial charge in [-0.2, -0.15) is 0 Å². The number of ether oxygens (including phenoxy) is 1. The van der Waals surface area contributed by atoms with E-state index in [1.165, 1.54) is 5.57 Å². The highest BCUT2D eigenvalue weighted by Crippen LogP contribution is 2.11. The summed E-state index contributed by atoms with van der Waals surface area (Å²) >= 11 is 0. The Hall–Kier alpha value is -1.03. The van der Waals surface area contributed by atoms with E-state index in [1.807, 2.05) is 20.0 Å². The van der Waals surface area contributed by atoms with Gasteiger partial charge in [-0.25, -0.2) is 4.79 Å². The Morgan fingerprint density at radius 2 is 2.00 bits per heavy atom. The summed E-state index contributed by atoms with van der Waals surface area (Å²) in [6.07, 6.45) is 3.69. The number of hydrogen-bond acceptors (Lipinski definition) is 2. The zero-order valence-electron chi connectivity index (χ0n) is 9.58. The Kier molecular flexibility index (Phi) is 5.18. The van der Waals surface area contributed by atoms with Crippen molar-refractivity contribution in [2.75, 3.05) is 26.3 Å². The fourth-order valence-corrected chi connectivity index (χ4v) is 1.54. The lowest BCUT2D eigenvalue weighted by Gasteiger charge is -2.19. The summed E-state index contributed by atoms with van der Waals surface area (Å²) in [5, 5.41) is 2.82. The molecule has 15 heavy (non-hydrogen) atoms. The molecule has 4 heteroatoms. The van der Waals surface area contributed by atoms with Crippen molar-refractivity contribution in [3.63, 3.8) is 0 Å². The highest BCUT2D eigenvalue weighted by atomic mass is 16.5. The van der Waals surface area contributed by atoms with Gasteiger partial charge in [-0.05, 0) is 32.3 Å². The van der Waals surface area contributed by atoms with Crippen LogP contribution in [0.15, 0.2) is 11.8 Å². The molecule has 2 amide bonds. The average molecular weight is 212 g/mol. The Labute approximate surface area is 91.3 Å². The van der Waals surface area contributed by atoms with E-state index < -0.39 is 0 Å². The maximum absolute atomic E-state index is 11.6. The molecule has 0 saturated carbocycles. The molecule has 0 radical (unpaired) electrons. The first-order chi connectivity index (χ1) is 7.27. The maximum atomic E-state index is 11.6. The van der Waals surface area contributed by atoms with Crippen LogP contribution in [-0.4, -0.2) is 37.2 Å². The van der Waals surface area contributed by atoms with Crippen molar-refractivity contribution in [2.45, 2.75) is 26.7 Å². The highest BCUT2D eigenvalue weighted by molar-refractivity contribution is 5.75. The smallest absolute Gasteiger partial charge is 0.321 e. The van der Waals surface area contributed by atoms with Crippen LogP contribution >= 0.6 is 0 Å². The molecule has 1 saturated heterocycles. The molecule has 0 bridgehead atoms. The van der Waals surface area contributed by atoms with Gasteiger partial charge in [0, 0.05) is 19.3 Å². The number of carbonyl (C=O) groups excluding carboxylic acids is 1. The molecule has 1 heterocycles. The summed E-state index contributed by atoms with van der Waals surface area (Å²) in [6, 6.07) is -0.0148. The topological polar surface area (TPSA) is 41.6 Å². The van der Waals surface area contributed by atoms with E-state index in [-0.39, 0.29) is 6.03 Å². The Morgan fingerprint density at radius 1 is 1.40 bits per heavy atom. The zero-order valence-corrected chi connectivity index (χ0v) is 9.58. The molecule has 86 valence electrons. The molecule has 1 aliphatic heterocycles. The van der Waals surface area contributed by atoms with Crippen molar-refractivity contribution >= 4 is 6.03 Å². The minimum Gasteiger partial charge on any atom is -0.381 e. The molecule has 0 atom stereocenters. The second kappa shape index (κ2) is 6.45. The van der Waals surface area contributed by atoms with E-state index in [1.54, 1.807) is 4.90 Å². The molecule has 0 unspecified atom stereocenters. The molecule has 0 spiro atoms. The van der Waals surface area contributed by atoms with E-state index in [2.05, 4.69) is 5.32 Å². The van der Waals surface area contributed by atoms with E-state index in [0.29, 0.717) is 0 Å². The lowest BCUT2D eigenvalue weighted by atomic mass is 10.1. The SMILES string of the molecule is CCN(CC)C(=O)NC=C1CCOCC1. The molecule has 0 aromatic carbocycles. The first kappa shape index (κ1) is 12.0. The van der Waals surface area contributed by atoms with Crippen LogP contribution < -0.4 is 5.32 Å². The molecular weight excluding hydrogens is 192 g/mol. The lowest BCUT2D eigenvalue weighted by Crippen LogP contribution is -2.37.